The number of furan rings is 1. The number of ether oxygens (including phenoxy) is 1. The highest BCUT2D eigenvalue weighted by atomic mass is 16.5. The van der Waals surface area contributed by atoms with Crippen molar-refractivity contribution in [3.05, 3.63) is 47.4 Å². The summed E-state index contributed by atoms with van der Waals surface area (Å²) < 4.78 is 10.3. The fourth-order valence-corrected chi connectivity index (χ4v) is 1.87. The molecular formula is C14H15N3O4. The summed E-state index contributed by atoms with van der Waals surface area (Å²) in [4.78, 5) is 12.2. The van der Waals surface area contributed by atoms with Crippen LogP contribution in [0.15, 0.2) is 40.1 Å². The second-order valence-corrected chi connectivity index (χ2v) is 4.25. The first-order valence-electron chi connectivity index (χ1n) is 6.08. The maximum Gasteiger partial charge on any atom is 0.291 e. The maximum absolute atomic E-state index is 12.2. The first-order chi connectivity index (χ1) is 10.1. The molecule has 0 bridgehead atoms. The van der Waals surface area contributed by atoms with Gasteiger partial charge in [-0.1, -0.05) is 11.2 Å². The third-order valence-electron chi connectivity index (χ3n) is 2.94. The molecule has 2 aromatic rings. The zero-order valence-electron chi connectivity index (χ0n) is 11.6. The van der Waals surface area contributed by atoms with Crippen LogP contribution in [0.4, 0.5) is 5.69 Å². The molecule has 2 rings (SSSR count). The summed E-state index contributed by atoms with van der Waals surface area (Å²) in [6.45, 7) is 1.76. The molecule has 0 unspecified atom stereocenters. The van der Waals surface area contributed by atoms with Gasteiger partial charge in [0.15, 0.2) is 11.6 Å². The van der Waals surface area contributed by atoms with Crippen LogP contribution in [0.3, 0.4) is 0 Å². The molecule has 0 radical (unpaired) electrons. The fraction of sp³-hybridized carbons (Fsp3) is 0.143. The van der Waals surface area contributed by atoms with E-state index < -0.39 is 5.91 Å². The third kappa shape index (κ3) is 2.81. The lowest BCUT2D eigenvalue weighted by atomic mass is 10.1. The Kier molecular flexibility index (Phi) is 4.13. The average Bonchev–Trinajstić information content (AvgIpc) is 2.92. The highest BCUT2D eigenvalue weighted by Crippen LogP contribution is 2.29. The number of nitrogens with zero attached hydrogens (tertiary/aromatic N) is 1. The number of aryl methyl sites for hydroxylation is 1. The Morgan fingerprint density at radius 2 is 2.19 bits per heavy atom. The van der Waals surface area contributed by atoms with Crippen molar-refractivity contribution in [3.8, 4) is 5.75 Å². The zero-order chi connectivity index (χ0) is 15.4. The van der Waals surface area contributed by atoms with Crippen molar-refractivity contribution in [3.63, 3.8) is 0 Å². The Hall–Kier alpha value is -2.96. The highest BCUT2D eigenvalue weighted by molar-refractivity contribution is 6.10. The molecule has 0 saturated heterocycles. The molecule has 0 spiro atoms. The number of anilines is 1. The van der Waals surface area contributed by atoms with Crippen LogP contribution in [0.1, 0.15) is 21.7 Å². The van der Waals surface area contributed by atoms with E-state index in [0.717, 1.165) is 0 Å². The Balaban J connectivity index is 2.43. The van der Waals surface area contributed by atoms with Gasteiger partial charge in [0.1, 0.15) is 5.75 Å². The number of hydrogen-bond donors (Lipinski definition) is 3. The molecule has 7 heteroatoms. The number of para-hydroxylation sites is 1. The van der Waals surface area contributed by atoms with Gasteiger partial charge in [0.05, 0.1) is 19.1 Å². The second kappa shape index (κ2) is 6.00. The van der Waals surface area contributed by atoms with E-state index in [9.17, 15) is 4.79 Å². The molecule has 0 saturated carbocycles. The van der Waals surface area contributed by atoms with E-state index in [1.165, 1.54) is 13.4 Å². The molecule has 1 aromatic carbocycles. The summed E-state index contributed by atoms with van der Waals surface area (Å²) in [5, 5.41) is 14.4. The van der Waals surface area contributed by atoms with E-state index in [2.05, 4.69) is 10.5 Å². The minimum atomic E-state index is -0.450. The van der Waals surface area contributed by atoms with E-state index in [4.69, 9.17) is 20.1 Å². The Bertz CT molecular complexity index is 691. The Morgan fingerprint density at radius 1 is 1.43 bits per heavy atom. The van der Waals surface area contributed by atoms with Crippen LogP contribution >= 0.6 is 0 Å². The molecular weight excluding hydrogens is 274 g/mol. The van der Waals surface area contributed by atoms with Crippen molar-refractivity contribution in [2.24, 2.45) is 10.9 Å². The van der Waals surface area contributed by atoms with Crippen molar-refractivity contribution < 1.29 is 19.2 Å². The minimum Gasteiger partial charge on any atom is -0.495 e. The van der Waals surface area contributed by atoms with Gasteiger partial charge in [0.25, 0.3) is 5.91 Å². The maximum atomic E-state index is 12.2. The van der Waals surface area contributed by atoms with Crippen molar-refractivity contribution in [2.75, 3.05) is 12.4 Å². The predicted octanol–water partition coefficient (Wildman–Crippen LogP) is 1.94. The molecule has 0 fully saturated rings. The number of nitrogens with two attached hydrogens (primary N) is 1. The van der Waals surface area contributed by atoms with Gasteiger partial charge in [-0.2, -0.15) is 0 Å². The Labute approximate surface area is 121 Å². The quantitative estimate of drug-likeness (QED) is 0.345. The summed E-state index contributed by atoms with van der Waals surface area (Å²) in [5.41, 5.74) is 6.96. The summed E-state index contributed by atoms with van der Waals surface area (Å²) in [6.07, 6.45) is 1.43. The summed E-state index contributed by atoms with van der Waals surface area (Å²) in [5.74, 6) is -0.0163. The summed E-state index contributed by atoms with van der Waals surface area (Å²) in [6, 6.07) is 6.60. The van der Waals surface area contributed by atoms with Crippen LogP contribution in [0.25, 0.3) is 0 Å². The molecule has 0 atom stereocenters. The van der Waals surface area contributed by atoms with Gasteiger partial charge in [-0.25, -0.2) is 0 Å². The topological polar surface area (TPSA) is 110 Å². The molecule has 0 aliphatic heterocycles. The van der Waals surface area contributed by atoms with Crippen LogP contribution in [-0.4, -0.2) is 24.1 Å². The summed E-state index contributed by atoms with van der Waals surface area (Å²) in [7, 11) is 1.46. The number of rotatable bonds is 4. The normalized spacial score (nSPS) is 11.2. The molecule has 7 nitrogen and oxygen atoms in total. The second-order valence-electron chi connectivity index (χ2n) is 4.25. The van der Waals surface area contributed by atoms with E-state index in [0.29, 0.717) is 22.6 Å². The SMILES string of the molecule is COc1cccc(/C(N)=N/O)c1NC(=O)c1occc1C. The lowest BCUT2D eigenvalue weighted by molar-refractivity contribution is 0.0995. The number of carbonyl (C=O) groups excluding carboxylic acids is 1. The zero-order valence-corrected chi connectivity index (χ0v) is 11.6. The molecule has 1 heterocycles. The van der Waals surface area contributed by atoms with E-state index in [1.54, 1.807) is 31.2 Å². The van der Waals surface area contributed by atoms with E-state index >= 15 is 0 Å². The highest BCUT2D eigenvalue weighted by Gasteiger charge is 2.19. The smallest absolute Gasteiger partial charge is 0.291 e. The van der Waals surface area contributed by atoms with E-state index in [1.807, 2.05) is 0 Å². The first-order valence-corrected chi connectivity index (χ1v) is 6.08. The monoisotopic (exact) mass is 289 g/mol. The summed E-state index contributed by atoms with van der Waals surface area (Å²) >= 11 is 0. The van der Waals surface area contributed by atoms with Crippen molar-refractivity contribution in [1.82, 2.24) is 0 Å². The van der Waals surface area contributed by atoms with Crippen molar-refractivity contribution in [2.45, 2.75) is 6.92 Å². The fourth-order valence-electron chi connectivity index (χ4n) is 1.87. The largest absolute Gasteiger partial charge is 0.495 e. The molecule has 1 aromatic heterocycles. The van der Waals surface area contributed by atoms with Crippen LogP contribution in [0.2, 0.25) is 0 Å². The number of benzene rings is 1. The van der Waals surface area contributed by atoms with Gasteiger partial charge in [-0.3, -0.25) is 4.79 Å². The number of methoxy groups -OCH3 is 1. The third-order valence-corrected chi connectivity index (χ3v) is 2.94. The lowest BCUT2D eigenvalue weighted by Crippen LogP contribution is -2.20. The van der Waals surface area contributed by atoms with Gasteiger partial charge >= 0.3 is 0 Å². The predicted molar refractivity (Wildman–Crippen MR) is 76.9 cm³/mol. The standard InChI is InChI=1S/C14H15N3O4/c1-8-6-7-21-12(8)14(18)16-11-9(13(15)17-19)4-3-5-10(11)20-2/h3-7,19H,1-2H3,(H2,15,17)(H,16,18). The number of hydrogen-bond acceptors (Lipinski definition) is 5. The molecule has 1 amide bonds. The minimum absolute atomic E-state index is 0.139. The molecule has 0 aliphatic rings. The van der Waals surface area contributed by atoms with Crippen LogP contribution in [0.5, 0.6) is 5.75 Å². The van der Waals surface area contributed by atoms with Gasteiger partial charge < -0.3 is 25.4 Å². The lowest BCUT2D eigenvalue weighted by Gasteiger charge is -2.13. The van der Waals surface area contributed by atoms with Gasteiger partial charge in [-0.15, -0.1) is 0 Å². The van der Waals surface area contributed by atoms with Gasteiger partial charge in [-0.05, 0) is 25.1 Å². The number of amidine groups is 1. The average molecular weight is 289 g/mol. The first kappa shape index (κ1) is 14.4. The molecule has 0 aliphatic carbocycles. The Morgan fingerprint density at radius 3 is 2.76 bits per heavy atom. The van der Waals surface area contributed by atoms with Crippen LogP contribution in [0, 0.1) is 6.92 Å². The van der Waals surface area contributed by atoms with Crippen LogP contribution < -0.4 is 15.8 Å². The van der Waals surface area contributed by atoms with Gasteiger partial charge in [0, 0.05) is 11.1 Å². The number of nitrogens with one attached hydrogen (secondary N) is 1. The van der Waals surface area contributed by atoms with Crippen molar-refractivity contribution >= 4 is 17.4 Å². The molecule has 110 valence electrons. The number of amides is 1. The number of oxime groups is 1. The van der Waals surface area contributed by atoms with Gasteiger partial charge in [0.2, 0.25) is 0 Å². The van der Waals surface area contributed by atoms with E-state index in [-0.39, 0.29) is 11.6 Å². The molecule has 4 N–H and O–H groups in total. The number of carbonyl (C=O) groups is 1. The van der Waals surface area contributed by atoms with Crippen LogP contribution in [-0.2, 0) is 0 Å². The van der Waals surface area contributed by atoms with Crippen molar-refractivity contribution in [1.29, 1.82) is 0 Å². The molecule has 21 heavy (non-hydrogen) atoms.